The maximum absolute atomic E-state index is 11.9. The first kappa shape index (κ1) is 27.8. The van der Waals surface area contributed by atoms with Crippen molar-refractivity contribution in [3.63, 3.8) is 0 Å². The van der Waals surface area contributed by atoms with Gasteiger partial charge in [-0.15, -0.1) is 0 Å². The molecule has 4 aromatic rings. The third-order valence-corrected chi connectivity index (χ3v) is 6.48. The van der Waals surface area contributed by atoms with Gasteiger partial charge in [0.1, 0.15) is 23.3 Å². The number of carboxylic acid groups (broad SMARTS) is 1. The first-order chi connectivity index (χ1) is 18.8. The van der Waals surface area contributed by atoms with Crippen molar-refractivity contribution in [2.24, 2.45) is 0 Å². The fourth-order valence-corrected chi connectivity index (χ4v) is 4.03. The molecular weight excluding hydrogens is 505 g/mol. The van der Waals surface area contributed by atoms with Gasteiger partial charge in [0.05, 0.1) is 37.5 Å². The zero-order chi connectivity index (χ0) is 27.8. The van der Waals surface area contributed by atoms with Crippen molar-refractivity contribution < 1.29 is 24.1 Å². The Bertz CT molecular complexity index is 1370. The number of nitrogens with zero attached hydrogens (tertiary/aromatic N) is 4. The molecule has 2 aliphatic carbocycles. The molecule has 0 spiro atoms. The molecule has 39 heavy (non-hydrogen) atoms. The lowest BCUT2D eigenvalue weighted by Crippen LogP contribution is -2.32. The van der Waals surface area contributed by atoms with E-state index in [1.54, 1.807) is 30.0 Å². The van der Waals surface area contributed by atoms with E-state index in [-0.39, 0.29) is 12.1 Å². The Morgan fingerprint density at radius 2 is 2.03 bits per heavy atom. The van der Waals surface area contributed by atoms with Crippen molar-refractivity contribution in [2.45, 2.75) is 63.8 Å². The van der Waals surface area contributed by atoms with Crippen LogP contribution in [0, 0.1) is 0 Å². The van der Waals surface area contributed by atoms with Crippen LogP contribution in [0.1, 0.15) is 51.1 Å². The van der Waals surface area contributed by atoms with Crippen LogP contribution in [-0.4, -0.2) is 59.9 Å². The maximum atomic E-state index is 11.9. The molecule has 11 nitrogen and oxygen atoms in total. The molecule has 5 N–H and O–H groups in total. The predicted molar refractivity (Wildman–Crippen MR) is 145 cm³/mol. The van der Waals surface area contributed by atoms with Crippen LogP contribution in [0.4, 0.5) is 20.8 Å². The lowest BCUT2D eigenvalue weighted by Gasteiger charge is -2.09. The van der Waals surface area contributed by atoms with E-state index in [1.807, 2.05) is 37.4 Å². The summed E-state index contributed by atoms with van der Waals surface area (Å²) in [5, 5.41) is 34.3. The molecule has 1 aromatic carbocycles. The summed E-state index contributed by atoms with van der Waals surface area (Å²) in [6.45, 7) is 1.76. The number of nitrogens with one attached hydrogen (secondary N) is 3. The number of anilines is 2. The van der Waals surface area contributed by atoms with Crippen LogP contribution in [0.15, 0.2) is 48.8 Å². The standard InChI is InChI=1S/C17H16N6O2.C5H9F.C5H9NO2/c1-25-13-4-2-3-11(7-13)14-9-23-15(8-12(10-24)22-23)17(19-14)20-16-5-6-18-21-16;6-5-3-1-2-4-5;1-5(2-3-5)6-4(7)8/h2-9,24H,10H2,1H3,(H2,18,19,20,21);5H,1-4H2;6H,2-3H2,1H3,(H,7,8). The zero-order valence-corrected chi connectivity index (χ0v) is 22.0. The Morgan fingerprint density at radius 3 is 2.56 bits per heavy atom. The van der Waals surface area contributed by atoms with E-state index < -0.39 is 12.3 Å². The summed E-state index contributed by atoms with van der Waals surface area (Å²) in [5.74, 6) is 2.07. The average molecular weight is 540 g/mol. The van der Waals surface area contributed by atoms with E-state index >= 15 is 0 Å². The quantitative estimate of drug-likeness (QED) is 0.228. The van der Waals surface area contributed by atoms with Gasteiger partial charge in [-0.1, -0.05) is 25.0 Å². The summed E-state index contributed by atoms with van der Waals surface area (Å²) in [6, 6.07) is 11.2. The van der Waals surface area contributed by atoms with E-state index in [0.29, 0.717) is 17.3 Å². The second kappa shape index (κ2) is 12.6. The van der Waals surface area contributed by atoms with Crippen molar-refractivity contribution in [2.75, 3.05) is 12.4 Å². The van der Waals surface area contributed by atoms with Gasteiger partial charge in [-0.3, -0.25) is 5.10 Å². The smallest absolute Gasteiger partial charge is 0.405 e. The number of alkyl halides is 1. The topological polar surface area (TPSA) is 150 Å². The average Bonchev–Trinajstić information content (AvgIpc) is 3.37. The second-order valence-corrected chi connectivity index (χ2v) is 9.80. The number of hydrogen-bond donors (Lipinski definition) is 5. The van der Waals surface area contributed by atoms with Gasteiger partial charge in [0, 0.05) is 17.2 Å². The van der Waals surface area contributed by atoms with Gasteiger partial charge in [0.15, 0.2) is 5.82 Å². The van der Waals surface area contributed by atoms with Crippen LogP contribution in [0.2, 0.25) is 0 Å². The number of H-pyrrole nitrogens is 1. The number of amides is 1. The second-order valence-electron chi connectivity index (χ2n) is 9.80. The number of halogens is 1. The van der Waals surface area contributed by atoms with Gasteiger partial charge in [-0.25, -0.2) is 18.7 Å². The van der Waals surface area contributed by atoms with Crippen LogP contribution < -0.4 is 15.4 Å². The number of aromatic amines is 1. The maximum Gasteiger partial charge on any atom is 0.405 e. The minimum absolute atomic E-state index is 0.0775. The van der Waals surface area contributed by atoms with Gasteiger partial charge in [-0.2, -0.15) is 10.2 Å². The fourth-order valence-electron chi connectivity index (χ4n) is 4.03. The number of benzene rings is 1. The predicted octanol–water partition coefficient (Wildman–Crippen LogP) is 5.07. The van der Waals surface area contributed by atoms with E-state index in [9.17, 15) is 14.3 Å². The van der Waals surface area contributed by atoms with Crippen LogP contribution >= 0.6 is 0 Å². The van der Waals surface area contributed by atoms with Crippen LogP contribution in [-0.2, 0) is 6.61 Å². The SMILES string of the molecule is CC1(NC(=O)O)CC1.COc1cccc(-c2cn3nc(CO)cc3c(Nc3ccn[nH]3)n2)c1.FC1CCCC1. The Kier molecular flexibility index (Phi) is 8.97. The van der Waals surface area contributed by atoms with Crippen molar-refractivity contribution in [3.8, 4) is 17.0 Å². The number of aliphatic hydroxyl groups excluding tert-OH is 1. The Hall–Kier alpha value is -4.19. The molecular formula is C27H34FN7O4. The highest BCUT2D eigenvalue weighted by Gasteiger charge is 2.38. The number of methoxy groups -OCH3 is 1. The van der Waals surface area contributed by atoms with E-state index in [0.717, 1.165) is 61.0 Å². The Balaban J connectivity index is 0.000000205. The van der Waals surface area contributed by atoms with Crippen LogP contribution in [0.5, 0.6) is 5.75 Å². The molecule has 12 heteroatoms. The van der Waals surface area contributed by atoms with E-state index in [4.69, 9.17) is 14.8 Å². The normalized spacial score (nSPS) is 15.5. The molecule has 0 bridgehead atoms. The number of aliphatic hydroxyl groups is 1. The number of rotatable bonds is 6. The van der Waals surface area contributed by atoms with E-state index in [2.05, 4.69) is 25.9 Å². The molecule has 1 amide bonds. The van der Waals surface area contributed by atoms with Gasteiger partial charge < -0.3 is 25.6 Å². The molecule has 2 saturated carbocycles. The monoisotopic (exact) mass is 539 g/mol. The van der Waals surface area contributed by atoms with Crippen molar-refractivity contribution in [1.82, 2.24) is 30.1 Å². The summed E-state index contributed by atoms with van der Waals surface area (Å²) in [5.41, 5.74) is 2.87. The molecule has 208 valence electrons. The first-order valence-electron chi connectivity index (χ1n) is 12.8. The molecule has 0 unspecified atom stereocenters. The highest BCUT2D eigenvalue weighted by molar-refractivity contribution is 5.76. The number of fused-ring (bicyclic) bond motifs is 1. The summed E-state index contributed by atoms with van der Waals surface area (Å²) >= 11 is 0. The number of aromatic nitrogens is 5. The zero-order valence-electron chi connectivity index (χ0n) is 22.0. The number of carbonyl (C=O) groups is 1. The minimum Gasteiger partial charge on any atom is -0.497 e. The number of hydrogen-bond acceptors (Lipinski definition) is 7. The lowest BCUT2D eigenvalue weighted by molar-refractivity contribution is 0.189. The molecule has 2 aliphatic rings. The molecule has 3 heterocycles. The molecule has 0 saturated heterocycles. The Morgan fingerprint density at radius 1 is 1.26 bits per heavy atom. The fraction of sp³-hybridized carbons (Fsp3) is 0.407. The first-order valence-corrected chi connectivity index (χ1v) is 12.8. The summed E-state index contributed by atoms with van der Waals surface area (Å²) in [6.07, 6.45) is 7.94. The minimum atomic E-state index is -0.912. The van der Waals surface area contributed by atoms with E-state index in [1.165, 1.54) is 0 Å². The Labute approximate surface area is 225 Å². The van der Waals surface area contributed by atoms with Crippen molar-refractivity contribution in [3.05, 3.63) is 54.5 Å². The van der Waals surface area contributed by atoms with Gasteiger partial charge in [0.25, 0.3) is 0 Å². The summed E-state index contributed by atoms with van der Waals surface area (Å²) in [4.78, 5) is 14.7. The highest BCUT2D eigenvalue weighted by atomic mass is 19.1. The molecule has 0 aliphatic heterocycles. The van der Waals surface area contributed by atoms with Gasteiger partial charge in [-0.05, 0) is 50.8 Å². The third kappa shape index (κ3) is 7.90. The van der Waals surface area contributed by atoms with Gasteiger partial charge in [0.2, 0.25) is 0 Å². The summed E-state index contributed by atoms with van der Waals surface area (Å²) in [7, 11) is 1.63. The largest absolute Gasteiger partial charge is 0.497 e. The van der Waals surface area contributed by atoms with Crippen molar-refractivity contribution >= 4 is 23.2 Å². The van der Waals surface area contributed by atoms with Crippen LogP contribution in [0.3, 0.4) is 0 Å². The lowest BCUT2D eigenvalue weighted by atomic mass is 10.1. The molecule has 0 atom stereocenters. The molecule has 2 fully saturated rings. The molecule has 6 rings (SSSR count). The third-order valence-electron chi connectivity index (χ3n) is 6.48. The van der Waals surface area contributed by atoms with Gasteiger partial charge >= 0.3 is 6.09 Å². The number of ether oxygens (including phenoxy) is 1. The molecule has 0 radical (unpaired) electrons. The van der Waals surface area contributed by atoms with Crippen LogP contribution in [0.25, 0.3) is 16.8 Å². The highest BCUT2D eigenvalue weighted by Crippen LogP contribution is 2.34. The summed E-state index contributed by atoms with van der Waals surface area (Å²) < 4.78 is 18.9. The molecule has 3 aromatic heterocycles. The van der Waals surface area contributed by atoms with Crippen molar-refractivity contribution in [1.29, 1.82) is 0 Å².